The molecular formula is C13H9BrCl2FNO2S. The fourth-order valence-corrected chi connectivity index (χ4v) is 3.87. The summed E-state index contributed by atoms with van der Waals surface area (Å²) in [6, 6.07) is 7.35. The molecule has 2 aromatic carbocycles. The van der Waals surface area contributed by atoms with E-state index < -0.39 is 20.9 Å². The molecule has 8 heteroatoms. The van der Waals surface area contributed by atoms with Crippen LogP contribution in [0.4, 0.5) is 10.1 Å². The van der Waals surface area contributed by atoms with Gasteiger partial charge in [-0.25, -0.2) is 12.8 Å². The molecule has 3 nitrogen and oxygen atoms in total. The number of anilines is 1. The Morgan fingerprint density at radius 3 is 2.52 bits per heavy atom. The molecule has 0 bridgehead atoms. The predicted octanol–water partition coefficient (Wildman–Crippen LogP) is 5.00. The van der Waals surface area contributed by atoms with Gasteiger partial charge in [0.1, 0.15) is 4.90 Å². The van der Waals surface area contributed by atoms with Crippen LogP contribution in [0.2, 0.25) is 10.0 Å². The second-order valence-corrected chi connectivity index (χ2v) is 7.48. The quantitative estimate of drug-likeness (QED) is 0.720. The van der Waals surface area contributed by atoms with Gasteiger partial charge in [-0.1, -0.05) is 45.2 Å². The molecule has 1 N–H and O–H groups in total. The lowest BCUT2D eigenvalue weighted by molar-refractivity contribution is 0.595. The van der Waals surface area contributed by atoms with Crippen molar-refractivity contribution in [3.8, 4) is 0 Å². The van der Waals surface area contributed by atoms with Crippen LogP contribution < -0.4 is 4.72 Å². The molecule has 0 atom stereocenters. The average molecular weight is 413 g/mol. The van der Waals surface area contributed by atoms with E-state index in [-0.39, 0.29) is 9.92 Å². The summed E-state index contributed by atoms with van der Waals surface area (Å²) in [4.78, 5) is -0.370. The maximum atomic E-state index is 13.6. The highest BCUT2D eigenvalue weighted by Crippen LogP contribution is 2.32. The van der Waals surface area contributed by atoms with Gasteiger partial charge in [-0.05, 0) is 36.8 Å². The standard InChI is InChI=1S/C13H9BrCl2FNO2S/c1-7-8(14)3-2-4-10(7)18-21(19,20)11-6-5-9(15)13(17)12(11)16/h2-6,18H,1H3. The monoisotopic (exact) mass is 411 g/mol. The zero-order valence-corrected chi connectivity index (χ0v) is 14.5. The average Bonchev–Trinajstić information content (AvgIpc) is 2.41. The molecule has 0 radical (unpaired) electrons. The summed E-state index contributed by atoms with van der Waals surface area (Å²) >= 11 is 14.6. The largest absolute Gasteiger partial charge is 0.279 e. The first-order valence-corrected chi connectivity index (χ1v) is 8.68. The van der Waals surface area contributed by atoms with Crippen molar-refractivity contribution in [1.82, 2.24) is 0 Å². The molecule has 0 saturated carbocycles. The Hall–Kier alpha value is -0.820. The van der Waals surface area contributed by atoms with Gasteiger partial charge in [-0.2, -0.15) is 0 Å². The lowest BCUT2D eigenvalue weighted by Crippen LogP contribution is -2.15. The minimum absolute atomic E-state index is 0.238. The Balaban J connectivity index is 2.49. The SMILES string of the molecule is Cc1c(Br)cccc1NS(=O)(=O)c1ccc(Cl)c(F)c1Cl. The van der Waals surface area contributed by atoms with E-state index in [1.54, 1.807) is 25.1 Å². The molecule has 0 spiro atoms. The highest BCUT2D eigenvalue weighted by molar-refractivity contribution is 9.10. The van der Waals surface area contributed by atoms with Crippen molar-refractivity contribution in [3.05, 3.63) is 56.2 Å². The second kappa shape index (κ2) is 6.12. The van der Waals surface area contributed by atoms with E-state index in [4.69, 9.17) is 23.2 Å². The Morgan fingerprint density at radius 1 is 1.19 bits per heavy atom. The summed E-state index contributed by atoms with van der Waals surface area (Å²) < 4.78 is 41.4. The van der Waals surface area contributed by atoms with Crippen molar-refractivity contribution in [1.29, 1.82) is 0 Å². The number of benzene rings is 2. The minimum atomic E-state index is -4.02. The van der Waals surface area contributed by atoms with Crippen LogP contribution in [0.3, 0.4) is 0 Å². The summed E-state index contributed by atoms with van der Waals surface area (Å²) in [5.74, 6) is -0.966. The molecule has 0 unspecified atom stereocenters. The Bertz CT molecular complexity index is 812. The van der Waals surface area contributed by atoms with Gasteiger partial charge in [-0.3, -0.25) is 4.72 Å². The minimum Gasteiger partial charge on any atom is -0.279 e. The van der Waals surface area contributed by atoms with E-state index in [0.29, 0.717) is 11.3 Å². The van der Waals surface area contributed by atoms with Gasteiger partial charge in [0.15, 0.2) is 5.82 Å². The van der Waals surface area contributed by atoms with E-state index in [1.807, 2.05) is 0 Å². The van der Waals surface area contributed by atoms with E-state index in [2.05, 4.69) is 20.7 Å². The lowest BCUT2D eigenvalue weighted by Gasteiger charge is -2.13. The summed E-state index contributed by atoms with van der Waals surface area (Å²) in [7, 11) is -4.02. The van der Waals surface area contributed by atoms with Crippen LogP contribution in [-0.4, -0.2) is 8.42 Å². The van der Waals surface area contributed by atoms with E-state index in [0.717, 1.165) is 16.6 Å². The molecule has 0 aliphatic rings. The van der Waals surface area contributed by atoms with Crippen molar-refractivity contribution in [2.24, 2.45) is 0 Å². The number of hydrogen-bond acceptors (Lipinski definition) is 2. The predicted molar refractivity (Wildman–Crippen MR) is 86.1 cm³/mol. The number of halogens is 4. The Labute approximate surface area is 140 Å². The molecule has 0 aliphatic carbocycles. The van der Waals surface area contributed by atoms with E-state index in [1.165, 1.54) is 0 Å². The van der Waals surface area contributed by atoms with Crippen LogP contribution in [0.25, 0.3) is 0 Å². The van der Waals surface area contributed by atoms with Gasteiger partial charge < -0.3 is 0 Å². The molecule has 2 aromatic rings. The number of sulfonamides is 1. The first kappa shape index (κ1) is 16.5. The van der Waals surface area contributed by atoms with Crippen molar-refractivity contribution >= 4 is 54.8 Å². The van der Waals surface area contributed by atoms with E-state index in [9.17, 15) is 12.8 Å². The molecular weight excluding hydrogens is 404 g/mol. The summed E-state index contributed by atoms with van der Waals surface area (Å²) in [6.07, 6.45) is 0. The maximum absolute atomic E-state index is 13.6. The van der Waals surface area contributed by atoms with Gasteiger partial charge in [0.05, 0.1) is 15.7 Å². The van der Waals surface area contributed by atoms with Crippen molar-refractivity contribution in [2.45, 2.75) is 11.8 Å². The first-order chi connectivity index (χ1) is 9.74. The summed E-state index contributed by atoms with van der Waals surface area (Å²) in [5.41, 5.74) is 1.07. The Kier molecular flexibility index (Phi) is 4.82. The molecule has 0 heterocycles. The molecule has 0 aliphatic heterocycles. The van der Waals surface area contributed by atoms with Gasteiger partial charge >= 0.3 is 0 Å². The fraction of sp³-hybridized carbons (Fsp3) is 0.0769. The molecule has 0 saturated heterocycles. The van der Waals surface area contributed by atoms with Crippen LogP contribution in [0, 0.1) is 12.7 Å². The molecule has 0 amide bonds. The van der Waals surface area contributed by atoms with Crippen LogP contribution in [0.5, 0.6) is 0 Å². The molecule has 0 fully saturated rings. The van der Waals surface area contributed by atoms with Crippen LogP contribution in [-0.2, 0) is 10.0 Å². The highest BCUT2D eigenvalue weighted by atomic mass is 79.9. The molecule has 21 heavy (non-hydrogen) atoms. The van der Waals surface area contributed by atoms with Gasteiger partial charge in [0.25, 0.3) is 10.0 Å². The number of hydrogen-bond donors (Lipinski definition) is 1. The Morgan fingerprint density at radius 2 is 1.86 bits per heavy atom. The smallest absolute Gasteiger partial charge is 0.263 e. The topological polar surface area (TPSA) is 46.2 Å². The third kappa shape index (κ3) is 3.34. The van der Waals surface area contributed by atoms with Gasteiger partial charge in [0, 0.05) is 4.47 Å². The molecule has 0 aromatic heterocycles. The third-order valence-electron chi connectivity index (χ3n) is 2.80. The maximum Gasteiger partial charge on any atom is 0.263 e. The number of rotatable bonds is 3. The summed E-state index contributed by atoms with van der Waals surface area (Å²) in [5, 5.41) is -0.778. The van der Waals surface area contributed by atoms with Gasteiger partial charge in [0.2, 0.25) is 0 Å². The normalized spacial score (nSPS) is 11.5. The summed E-state index contributed by atoms with van der Waals surface area (Å²) in [6.45, 7) is 1.74. The van der Waals surface area contributed by atoms with Gasteiger partial charge in [-0.15, -0.1) is 0 Å². The number of nitrogens with one attached hydrogen (secondary N) is 1. The zero-order chi connectivity index (χ0) is 15.8. The highest BCUT2D eigenvalue weighted by Gasteiger charge is 2.22. The lowest BCUT2D eigenvalue weighted by atomic mass is 10.2. The van der Waals surface area contributed by atoms with Crippen molar-refractivity contribution in [2.75, 3.05) is 4.72 Å². The van der Waals surface area contributed by atoms with Crippen molar-refractivity contribution < 1.29 is 12.8 Å². The van der Waals surface area contributed by atoms with Crippen molar-refractivity contribution in [3.63, 3.8) is 0 Å². The second-order valence-electron chi connectivity index (χ2n) is 4.19. The molecule has 2 rings (SSSR count). The molecule has 112 valence electrons. The van der Waals surface area contributed by atoms with Crippen LogP contribution >= 0.6 is 39.1 Å². The third-order valence-corrected chi connectivity index (χ3v) is 5.84. The van der Waals surface area contributed by atoms with E-state index >= 15 is 0 Å². The first-order valence-electron chi connectivity index (χ1n) is 5.65. The fourth-order valence-electron chi connectivity index (χ4n) is 1.63. The zero-order valence-electron chi connectivity index (χ0n) is 10.6. The van der Waals surface area contributed by atoms with Crippen LogP contribution in [0.1, 0.15) is 5.56 Å². The van der Waals surface area contributed by atoms with Crippen LogP contribution in [0.15, 0.2) is 39.7 Å².